The Bertz CT molecular complexity index is 338. The van der Waals surface area contributed by atoms with E-state index in [9.17, 15) is 0 Å². The van der Waals surface area contributed by atoms with E-state index in [2.05, 4.69) is 29.0 Å². The highest BCUT2D eigenvalue weighted by Gasteiger charge is 2.11. The van der Waals surface area contributed by atoms with Crippen LogP contribution in [0.3, 0.4) is 0 Å². The van der Waals surface area contributed by atoms with Gasteiger partial charge in [-0.3, -0.25) is 9.98 Å². The van der Waals surface area contributed by atoms with Gasteiger partial charge in [-0.05, 0) is 23.3 Å². The molecule has 2 heteroatoms. The van der Waals surface area contributed by atoms with Gasteiger partial charge in [-0.25, -0.2) is 0 Å². The molecule has 66 valence electrons. The zero-order valence-electron chi connectivity index (χ0n) is 7.64. The Kier molecular flexibility index (Phi) is 2.21. The van der Waals surface area contributed by atoms with Crippen molar-refractivity contribution in [1.82, 2.24) is 4.98 Å². The maximum Gasteiger partial charge on any atom is 0.0270 e. The van der Waals surface area contributed by atoms with E-state index in [1.807, 2.05) is 24.8 Å². The fourth-order valence-electron chi connectivity index (χ4n) is 1.51. The summed E-state index contributed by atoms with van der Waals surface area (Å²) in [6.07, 6.45) is 8.58. The molecule has 1 aromatic rings. The Morgan fingerprint density at radius 3 is 2.69 bits per heavy atom. The molecule has 0 spiro atoms. The van der Waals surface area contributed by atoms with Gasteiger partial charge in [0.2, 0.25) is 0 Å². The third kappa shape index (κ3) is 1.66. The third-order valence-corrected chi connectivity index (χ3v) is 2.44. The first-order valence-electron chi connectivity index (χ1n) is 4.48. The van der Waals surface area contributed by atoms with Crippen molar-refractivity contribution in [1.29, 1.82) is 0 Å². The zero-order chi connectivity index (χ0) is 9.10. The fraction of sp³-hybridized carbons (Fsp3) is 0.273. The molecule has 1 aliphatic rings. The van der Waals surface area contributed by atoms with Gasteiger partial charge >= 0.3 is 0 Å². The fourth-order valence-corrected chi connectivity index (χ4v) is 1.51. The van der Waals surface area contributed by atoms with Gasteiger partial charge in [0.15, 0.2) is 0 Å². The molecular weight excluding hydrogens is 160 g/mol. The second-order valence-corrected chi connectivity index (χ2v) is 3.24. The van der Waals surface area contributed by atoms with Gasteiger partial charge in [-0.15, -0.1) is 0 Å². The number of hydrogen-bond donors (Lipinski definition) is 0. The van der Waals surface area contributed by atoms with Crippen LogP contribution in [0.5, 0.6) is 0 Å². The van der Waals surface area contributed by atoms with Gasteiger partial charge in [-0.2, -0.15) is 0 Å². The lowest BCUT2D eigenvalue weighted by molar-refractivity contribution is 0.876. The monoisotopic (exact) mass is 172 g/mol. The topological polar surface area (TPSA) is 25.2 Å². The summed E-state index contributed by atoms with van der Waals surface area (Å²) in [5.41, 5.74) is 2.69. The molecule has 0 N–H and O–H groups in total. The van der Waals surface area contributed by atoms with Crippen molar-refractivity contribution in [3.05, 3.63) is 41.9 Å². The molecule has 13 heavy (non-hydrogen) atoms. The smallest absolute Gasteiger partial charge is 0.0270 e. The van der Waals surface area contributed by atoms with Gasteiger partial charge in [0, 0.05) is 37.1 Å². The highest BCUT2D eigenvalue weighted by molar-refractivity contribution is 5.66. The Balaban J connectivity index is 2.18. The van der Waals surface area contributed by atoms with Gasteiger partial charge in [0.05, 0.1) is 0 Å². The molecule has 2 nitrogen and oxygen atoms in total. The largest absolute Gasteiger partial charge is 0.269 e. The lowest BCUT2D eigenvalue weighted by Crippen LogP contribution is -1.96. The summed E-state index contributed by atoms with van der Waals surface area (Å²) >= 11 is 0. The van der Waals surface area contributed by atoms with Crippen molar-refractivity contribution >= 4 is 6.21 Å². The lowest BCUT2D eigenvalue weighted by Gasteiger charge is -2.11. The van der Waals surface area contributed by atoms with E-state index in [-0.39, 0.29) is 0 Å². The van der Waals surface area contributed by atoms with Crippen molar-refractivity contribution in [2.24, 2.45) is 4.99 Å². The highest BCUT2D eigenvalue weighted by atomic mass is 14.7. The van der Waals surface area contributed by atoms with Gasteiger partial charge < -0.3 is 0 Å². The van der Waals surface area contributed by atoms with E-state index >= 15 is 0 Å². The van der Waals surface area contributed by atoms with E-state index in [4.69, 9.17) is 0 Å². The number of allylic oxidation sites excluding steroid dienone is 1. The average molecular weight is 172 g/mol. The first kappa shape index (κ1) is 8.17. The molecule has 0 fully saturated rings. The normalized spacial score (nSPS) is 17.2. The second kappa shape index (κ2) is 3.52. The zero-order valence-corrected chi connectivity index (χ0v) is 7.64. The minimum Gasteiger partial charge on any atom is -0.269 e. The summed E-state index contributed by atoms with van der Waals surface area (Å²) in [5, 5.41) is 0. The van der Waals surface area contributed by atoms with Gasteiger partial charge in [0.1, 0.15) is 0 Å². The Labute approximate surface area is 78.0 Å². The molecule has 1 aromatic heterocycles. The van der Waals surface area contributed by atoms with Crippen LogP contribution in [0.15, 0.2) is 41.3 Å². The Morgan fingerprint density at radius 1 is 1.31 bits per heavy atom. The van der Waals surface area contributed by atoms with Crippen LogP contribution in [-0.4, -0.2) is 11.2 Å². The minimum atomic E-state index is 0.463. The number of nitrogens with zero attached hydrogens (tertiary/aromatic N) is 2. The molecule has 0 radical (unpaired) electrons. The second-order valence-electron chi connectivity index (χ2n) is 3.24. The molecule has 1 unspecified atom stereocenters. The number of hydrogen-bond acceptors (Lipinski definition) is 2. The Hall–Kier alpha value is -1.44. The van der Waals surface area contributed by atoms with Crippen molar-refractivity contribution in [3.8, 4) is 0 Å². The lowest BCUT2D eigenvalue weighted by atomic mass is 9.93. The van der Waals surface area contributed by atoms with Crippen molar-refractivity contribution in [2.75, 3.05) is 0 Å². The highest BCUT2D eigenvalue weighted by Crippen LogP contribution is 2.26. The summed E-state index contributed by atoms with van der Waals surface area (Å²) in [6.45, 7) is 2.20. The molecule has 1 atom stereocenters. The van der Waals surface area contributed by atoms with Crippen LogP contribution in [-0.2, 0) is 0 Å². The molecule has 0 saturated heterocycles. The van der Waals surface area contributed by atoms with Crippen molar-refractivity contribution < 1.29 is 0 Å². The molecular formula is C11H12N2. The number of rotatable bonds is 2. The van der Waals surface area contributed by atoms with Gasteiger partial charge in [0.25, 0.3) is 0 Å². The van der Waals surface area contributed by atoms with E-state index in [1.165, 1.54) is 11.1 Å². The standard InChI is InChI=1S/C11H12N2/c1-9(11-4-7-13-8-11)10-2-5-12-6-3-10/h2-3,5-9H,4H2,1H3. The van der Waals surface area contributed by atoms with E-state index in [1.54, 1.807) is 0 Å². The Morgan fingerprint density at radius 2 is 2.08 bits per heavy atom. The number of pyridine rings is 1. The summed E-state index contributed by atoms with van der Waals surface area (Å²) in [6, 6.07) is 4.12. The predicted molar refractivity (Wildman–Crippen MR) is 53.8 cm³/mol. The van der Waals surface area contributed by atoms with Gasteiger partial charge in [-0.1, -0.05) is 6.92 Å². The molecule has 0 aromatic carbocycles. The maximum absolute atomic E-state index is 4.11. The predicted octanol–water partition coefficient (Wildman–Crippen LogP) is 2.54. The van der Waals surface area contributed by atoms with E-state index in [0.29, 0.717) is 5.92 Å². The van der Waals surface area contributed by atoms with Crippen LogP contribution in [0.25, 0.3) is 0 Å². The van der Waals surface area contributed by atoms with Crippen molar-refractivity contribution in [2.45, 2.75) is 19.3 Å². The quantitative estimate of drug-likeness (QED) is 0.673. The van der Waals surface area contributed by atoms with Crippen LogP contribution < -0.4 is 0 Å². The molecule has 0 amide bonds. The minimum absolute atomic E-state index is 0.463. The first-order chi connectivity index (χ1) is 6.38. The first-order valence-corrected chi connectivity index (χ1v) is 4.48. The van der Waals surface area contributed by atoms with Crippen molar-refractivity contribution in [3.63, 3.8) is 0 Å². The van der Waals surface area contributed by atoms with Crippen LogP contribution >= 0.6 is 0 Å². The SMILES string of the molecule is CC(C1=CN=CC1)c1ccncc1. The van der Waals surface area contributed by atoms with Crippen LogP contribution in [0, 0.1) is 0 Å². The molecule has 2 rings (SSSR count). The molecule has 0 saturated carbocycles. The average Bonchev–Trinajstić information content (AvgIpc) is 2.71. The maximum atomic E-state index is 4.11. The molecule has 1 aliphatic heterocycles. The summed E-state index contributed by atoms with van der Waals surface area (Å²) in [4.78, 5) is 8.11. The summed E-state index contributed by atoms with van der Waals surface area (Å²) in [7, 11) is 0. The molecule has 0 bridgehead atoms. The third-order valence-electron chi connectivity index (χ3n) is 2.44. The van der Waals surface area contributed by atoms with Crippen LogP contribution in [0.4, 0.5) is 0 Å². The van der Waals surface area contributed by atoms with E-state index < -0.39 is 0 Å². The van der Waals surface area contributed by atoms with E-state index in [0.717, 1.165) is 6.42 Å². The number of aliphatic imine (C=N–C) groups is 1. The summed E-state index contributed by atoms with van der Waals surface area (Å²) < 4.78 is 0. The summed E-state index contributed by atoms with van der Waals surface area (Å²) in [5.74, 6) is 0.463. The van der Waals surface area contributed by atoms with Crippen LogP contribution in [0.1, 0.15) is 24.8 Å². The molecule has 2 heterocycles. The molecule has 0 aliphatic carbocycles. The number of aromatic nitrogens is 1. The van der Waals surface area contributed by atoms with Crippen LogP contribution in [0.2, 0.25) is 0 Å².